The molecule has 0 unspecified atom stereocenters. The van der Waals surface area contributed by atoms with E-state index in [-0.39, 0.29) is 22.5 Å². The fraction of sp³-hybridized carbons (Fsp3) is 0.550. The van der Waals surface area contributed by atoms with Gasteiger partial charge in [-0.15, -0.1) is 0 Å². The lowest BCUT2D eigenvalue weighted by atomic mass is 9.75. The summed E-state index contributed by atoms with van der Waals surface area (Å²) in [4.78, 5) is 7.49. The molecule has 0 radical (unpaired) electrons. The average Bonchev–Trinajstić information content (AvgIpc) is 2.93. The fourth-order valence-electron chi connectivity index (χ4n) is 8.90. The maximum Gasteiger partial charge on any atom is 0.0403 e. The third-order valence-electron chi connectivity index (χ3n) is 12.0. The molecule has 3 aromatic rings. The highest BCUT2D eigenvalue weighted by atomic mass is 15.2. The van der Waals surface area contributed by atoms with Crippen molar-refractivity contribution in [2.24, 2.45) is 0 Å². The second-order valence-corrected chi connectivity index (χ2v) is 16.3. The summed E-state index contributed by atoms with van der Waals surface area (Å²) in [5.41, 5.74) is 13.3. The average molecular weight is 578 g/mol. The van der Waals surface area contributed by atoms with E-state index < -0.39 is 0 Å². The van der Waals surface area contributed by atoms with Gasteiger partial charge in [-0.1, -0.05) is 57.2 Å². The molecule has 0 spiro atoms. The largest absolute Gasteiger partial charge is 0.369 e. The summed E-state index contributed by atoms with van der Waals surface area (Å²) < 4.78 is 0. The lowest BCUT2D eigenvalue weighted by Gasteiger charge is -2.46. The van der Waals surface area contributed by atoms with Crippen molar-refractivity contribution >= 4 is 17.1 Å². The lowest BCUT2D eigenvalue weighted by Crippen LogP contribution is -2.45. The standard InChI is InChI=1S/C40H55N3/c1-25-22-38(4,5)41(10)34-16-13-28(19-31(25)34)37(29-14-17-35-32(20-29)26(2)23-39(6,7)42(35)11)30-15-18-36-33(21-30)27(3)24-40(8,9)43(36)12/h13-21,25-27,37H,22-24H2,1-12H3/t25-,26-,27-/m1/s1. The van der Waals surface area contributed by atoms with Gasteiger partial charge in [0.15, 0.2) is 0 Å². The summed E-state index contributed by atoms with van der Waals surface area (Å²) in [5.74, 6) is 1.77. The van der Waals surface area contributed by atoms with E-state index in [0.29, 0.717) is 17.8 Å². The predicted molar refractivity (Wildman–Crippen MR) is 187 cm³/mol. The van der Waals surface area contributed by atoms with E-state index in [1.807, 2.05) is 0 Å². The molecule has 230 valence electrons. The van der Waals surface area contributed by atoms with Gasteiger partial charge in [0.05, 0.1) is 0 Å². The minimum Gasteiger partial charge on any atom is -0.369 e. The van der Waals surface area contributed by atoms with E-state index in [4.69, 9.17) is 0 Å². The summed E-state index contributed by atoms with van der Waals surface area (Å²) in [7, 11) is 6.81. The first kappa shape index (κ1) is 30.1. The number of hydrogen-bond donors (Lipinski definition) is 0. The zero-order valence-corrected chi connectivity index (χ0v) is 29.0. The molecule has 3 heteroatoms. The van der Waals surface area contributed by atoms with Crippen molar-refractivity contribution in [3.63, 3.8) is 0 Å². The van der Waals surface area contributed by atoms with Gasteiger partial charge >= 0.3 is 0 Å². The van der Waals surface area contributed by atoms with E-state index in [0.717, 1.165) is 0 Å². The van der Waals surface area contributed by atoms with Crippen LogP contribution in [0.4, 0.5) is 17.1 Å². The zero-order valence-electron chi connectivity index (χ0n) is 29.0. The number of nitrogens with zero attached hydrogens (tertiary/aromatic N) is 3. The number of rotatable bonds is 3. The molecule has 0 aromatic heterocycles. The van der Waals surface area contributed by atoms with Crippen LogP contribution in [0.1, 0.15) is 139 Å². The quantitative estimate of drug-likeness (QED) is 0.287. The number of benzene rings is 3. The Balaban J connectivity index is 1.53. The monoisotopic (exact) mass is 577 g/mol. The summed E-state index contributed by atoms with van der Waals surface area (Å²) in [6, 6.07) is 22.1. The van der Waals surface area contributed by atoms with Crippen molar-refractivity contribution < 1.29 is 0 Å². The lowest BCUT2D eigenvalue weighted by molar-refractivity contribution is 0.395. The van der Waals surface area contributed by atoms with Crippen molar-refractivity contribution in [2.75, 3.05) is 35.8 Å². The van der Waals surface area contributed by atoms with E-state index in [1.165, 1.54) is 69.7 Å². The minimum atomic E-state index is 0.163. The number of fused-ring (bicyclic) bond motifs is 3. The second kappa shape index (κ2) is 10.0. The molecule has 0 saturated heterocycles. The van der Waals surface area contributed by atoms with Gasteiger partial charge in [-0.05, 0) is 130 Å². The van der Waals surface area contributed by atoms with Crippen LogP contribution >= 0.6 is 0 Å². The van der Waals surface area contributed by atoms with Gasteiger partial charge in [-0.3, -0.25) is 0 Å². The van der Waals surface area contributed by atoms with Gasteiger partial charge in [0.25, 0.3) is 0 Å². The Hall–Kier alpha value is -2.94. The van der Waals surface area contributed by atoms with Crippen LogP contribution in [0.25, 0.3) is 0 Å². The van der Waals surface area contributed by atoms with Crippen LogP contribution in [0.2, 0.25) is 0 Å². The van der Waals surface area contributed by atoms with E-state index in [1.54, 1.807) is 0 Å². The smallest absolute Gasteiger partial charge is 0.0403 e. The first-order valence-electron chi connectivity index (χ1n) is 16.6. The first-order chi connectivity index (χ1) is 20.0. The van der Waals surface area contributed by atoms with E-state index in [2.05, 4.69) is 153 Å². The molecular formula is C40H55N3. The highest BCUT2D eigenvalue weighted by Gasteiger charge is 2.38. The molecule has 0 N–H and O–H groups in total. The molecule has 3 aromatic carbocycles. The van der Waals surface area contributed by atoms with Crippen molar-refractivity contribution in [3.05, 3.63) is 88.0 Å². The van der Waals surface area contributed by atoms with E-state index >= 15 is 0 Å². The highest BCUT2D eigenvalue weighted by Crippen LogP contribution is 2.49. The molecule has 0 bridgehead atoms. The third-order valence-corrected chi connectivity index (χ3v) is 12.0. The molecule has 0 aliphatic carbocycles. The van der Waals surface area contributed by atoms with Crippen molar-refractivity contribution in [1.29, 1.82) is 0 Å². The maximum atomic E-state index is 2.55. The second-order valence-electron chi connectivity index (χ2n) is 16.3. The Labute approximate surface area is 262 Å². The molecule has 3 aliphatic heterocycles. The molecule has 3 atom stereocenters. The molecule has 43 heavy (non-hydrogen) atoms. The maximum absolute atomic E-state index is 2.55. The van der Waals surface area contributed by atoms with Crippen LogP contribution in [0.3, 0.4) is 0 Å². The van der Waals surface area contributed by atoms with Crippen LogP contribution in [0.5, 0.6) is 0 Å². The molecule has 3 aliphatic rings. The third kappa shape index (κ3) is 4.86. The highest BCUT2D eigenvalue weighted by molar-refractivity contribution is 5.66. The van der Waals surface area contributed by atoms with Crippen molar-refractivity contribution in [2.45, 2.75) is 122 Å². The fourth-order valence-corrected chi connectivity index (χ4v) is 8.90. The molecule has 6 rings (SSSR count). The zero-order chi connectivity index (χ0) is 31.2. The Morgan fingerprint density at radius 1 is 0.488 bits per heavy atom. The SMILES string of the molecule is C[C@@H]1CC(C)(C)N(C)c2ccc(C(c3ccc4c(c3)[C@H](C)CC(C)(C)N4C)c3ccc4c(c3)[C@H](C)CC(C)(C)N4C)cc21. The molecule has 0 amide bonds. The Bertz CT molecular complexity index is 1360. The first-order valence-corrected chi connectivity index (χ1v) is 16.6. The molecule has 0 fully saturated rings. The summed E-state index contributed by atoms with van der Waals surface area (Å²) >= 11 is 0. The Morgan fingerprint density at radius 3 is 1.00 bits per heavy atom. The van der Waals surface area contributed by atoms with Crippen LogP contribution < -0.4 is 14.7 Å². The van der Waals surface area contributed by atoms with Gasteiger partial charge in [-0.25, -0.2) is 0 Å². The molecule has 3 nitrogen and oxygen atoms in total. The topological polar surface area (TPSA) is 9.72 Å². The number of anilines is 3. The van der Waals surface area contributed by atoms with Crippen LogP contribution in [-0.4, -0.2) is 37.8 Å². The van der Waals surface area contributed by atoms with Gasteiger partial charge in [-0.2, -0.15) is 0 Å². The Morgan fingerprint density at radius 2 is 0.744 bits per heavy atom. The van der Waals surface area contributed by atoms with Gasteiger partial charge in [0, 0.05) is 60.7 Å². The van der Waals surface area contributed by atoms with Gasteiger partial charge in [0.1, 0.15) is 0 Å². The predicted octanol–water partition coefficient (Wildman–Crippen LogP) is 10.0. The van der Waals surface area contributed by atoms with Crippen molar-refractivity contribution in [1.82, 2.24) is 0 Å². The summed E-state index contributed by atoms with van der Waals surface area (Å²) in [6.07, 6.45) is 3.50. The molecule has 3 heterocycles. The van der Waals surface area contributed by atoms with Gasteiger partial charge < -0.3 is 14.7 Å². The normalized spacial score (nSPS) is 25.3. The van der Waals surface area contributed by atoms with Crippen LogP contribution in [0.15, 0.2) is 54.6 Å². The summed E-state index contributed by atoms with van der Waals surface area (Å²) in [6.45, 7) is 21.5. The minimum absolute atomic E-state index is 0.163. The van der Waals surface area contributed by atoms with Crippen LogP contribution in [0, 0.1) is 0 Å². The Kier molecular flexibility index (Phi) is 7.03. The van der Waals surface area contributed by atoms with E-state index in [9.17, 15) is 0 Å². The van der Waals surface area contributed by atoms with Crippen LogP contribution in [-0.2, 0) is 0 Å². The molecular weight excluding hydrogens is 522 g/mol. The van der Waals surface area contributed by atoms with Gasteiger partial charge in [0.2, 0.25) is 0 Å². The van der Waals surface area contributed by atoms with Crippen molar-refractivity contribution in [3.8, 4) is 0 Å². The summed E-state index contributed by atoms with van der Waals surface area (Å²) in [5, 5.41) is 0. The number of hydrogen-bond acceptors (Lipinski definition) is 3. The molecule has 0 saturated carbocycles.